The van der Waals surface area contributed by atoms with Crippen LogP contribution in [0.4, 0.5) is 5.69 Å². The molecule has 8 nitrogen and oxygen atoms in total. The number of rotatable bonds is 8. The van der Waals surface area contributed by atoms with Crippen molar-refractivity contribution in [1.29, 1.82) is 0 Å². The molecule has 3 rings (SSSR count). The number of benzene rings is 1. The van der Waals surface area contributed by atoms with Crippen molar-refractivity contribution in [3.8, 4) is 0 Å². The van der Waals surface area contributed by atoms with Gasteiger partial charge in [0.1, 0.15) is 0 Å². The van der Waals surface area contributed by atoms with Crippen molar-refractivity contribution in [3.05, 3.63) is 51.8 Å². The highest BCUT2D eigenvalue weighted by molar-refractivity contribution is 7.99. The van der Waals surface area contributed by atoms with Crippen LogP contribution in [-0.2, 0) is 11.2 Å². The van der Waals surface area contributed by atoms with Gasteiger partial charge < -0.3 is 15.1 Å². The average Bonchev–Trinajstić information content (AvgIpc) is 3.29. The Hall–Kier alpha value is -2.72. The summed E-state index contributed by atoms with van der Waals surface area (Å²) in [6.45, 7) is 4.33. The van der Waals surface area contributed by atoms with Gasteiger partial charge in [-0.25, -0.2) is 4.98 Å². The highest BCUT2D eigenvalue weighted by atomic mass is 32.2. The van der Waals surface area contributed by atoms with Crippen LogP contribution in [0.3, 0.4) is 0 Å². The second-order valence-electron chi connectivity index (χ2n) is 5.77. The van der Waals surface area contributed by atoms with Gasteiger partial charge in [0.25, 0.3) is 11.1 Å². The van der Waals surface area contributed by atoms with Crippen LogP contribution in [0, 0.1) is 6.92 Å². The van der Waals surface area contributed by atoms with Crippen LogP contribution in [-0.4, -0.2) is 39.3 Å². The van der Waals surface area contributed by atoms with Gasteiger partial charge in [-0.1, -0.05) is 17.8 Å². The third-order valence-corrected chi connectivity index (χ3v) is 5.16. The summed E-state index contributed by atoms with van der Waals surface area (Å²) in [5, 5.41) is 16.7. The maximum atomic E-state index is 12.2. The minimum Gasteiger partial charge on any atom is -0.416 e. The summed E-state index contributed by atoms with van der Waals surface area (Å²) in [5.41, 5.74) is 1.93. The second-order valence-corrected chi connectivity index (χ2v) is 7.76. The van der Waals surface area contributed by atoms with E-state index in [1.165, 1.54) is 0 Å². The molecule has 0 saturated carbocycles. The van der Waals surface area contributed by atoms with E-state index in [0.717, 1.165) is 22.5 Å². The van der Waals surface area contributed by atoms with Crippen molar-refractivity contribution < 1.29 is 14.0 Å². The molecule has 0 radical (unpaired) electrons. The largest absolute Gasteiger partial charge is 0.416 e. The van der Waals surface area contributed by atoms with Gasteiger partial charge in [0.15, 0.2) is 0 Å². The summed E-state index contributed by atoms with van der Waals surface area (Å²) >= 11 is 2.72. The number of amides is 2. The van der Waals surface area contributed by atoms with E-state index in [1.54, 1.807) is 35.6 Å². The summed E-state index contributed by atoms with van der Waals surface area (Å²) in [5.74, 6) is 0.167. The lowest BCUT2D eigenvalue weighted by Gasteiger charge is -2.07. The molecule has 0 fully saturated rings. The Kier molecular flexibility index (Phi) is 6.77. The first-order chi connectivity index (χ1) is 13.5. The molecule has 2 heterocycles. The van der Waals surface area contributed by atoms with Crippen LogP contribution in [0.1, 0.15) is 33.9 Å². The van der Waals surface area contributed by atoms with Crippen LogP contribution in [0.25, 0.3) is 0 Å². The smallest absolute Gasteiger partial charge is 0.277 e. The van der Waals surface area contributed by atoms with Crippen LogP contribution < -0.4 is 10.6 Å². The quantitative estimate of drug-likeness (QED) is 0.542. The number of aryl methyl sites for hydroxylation is 1. The van der Waals surface area contributed by atoms with Gasteiger partial charge in [-0.05, 0) is 32.0 Å². The molecule has 0 bridgehead atoms. The molecule has 0 aliphatic rings. The zero-order valence-corrected chi connectivity index (χ0v) is 17.0. The molecule has 0 saturated heterocycles. The first kappa shape index (κ1) is 20.0. The predicted molar refractivity (Wildman–Crippen MR) is 108 cm³/mol. The number of nitrogens with zero attached hydrogens (tertiary/aromatic N) is 3. The molecular formula is C18H19N5O3S2. The second kappa shape index (κ2) is 9.47. The molecule has 146 valence electrons. The molecule has 0 aliphatic carbocycles. The van der Waals surface area contributed by atoms with Crippen molar-refractivity contribution >= 4 is 40.6 Å². The summed E-state index contributed by atoms with van der Waals surface area (Å²) in [4.78, 5) is 28.4. The van der Waals surface area contributed by atoms with Crippen LogP contribution in [0.2, 0.25) is 0 Å². The normalized spacial score (nSPS) is 10.6. The Labute approximate surface area is 170 Å². The predicted octanol–water partition coefficient (Wildman–Crippen LogP) is 2.91. The number of carbonyl (C=O) groups excluding carboxylic acids is 2. The molecule has 0 atom stereocenters. The fourth-order valence-corrected chi connectivity index (χ4v) is 3.53. The Morgan fingerprint density at radius 3 is 2.89 bits per heavy atom. The Bertz CT molecular complexity index is 970. The Balaban J connectivity index is 1.51. The molecule has 0 spiro atoms. The van der Waals surface area contributed by atoms with E-state index in [-0.39, 0.29) is 17.6 Å². The van der Waals surface area contributed by atoms with Gasteiger partial charge >= 0.3 is 0 Å². The van der Waals surface area contributed by atoms with Crippen LogP contribution in [0.15, 0.2) is 39.3 Å². The van der Waals surface area contributed by atoms with Crippen molar-refractivity contribution in [2.75, 3.05) is 17.6 Å². The standard InChI is InChI=1S/C18H19N5O3S2/c1-3-19-17(25)12-5-4-6-13(7-12)21-15(24)10-28-18-23-22-16(26-18)8-14-9-27-11(2)20-14/h4-7,9H,3,8,10H2,1-2H3,(H,19,25)(H,21,24). The highest BCUT2D eigenvalue weighted by Gasteiger charge is 2.12. The van der Waals surface area contributed by atoms with E-state index in [0.29, 0.717) is 35.3 Å². The molecule has 28 heavy (non-hydrogen) atoms. The fraction of sp³-hybridized carbons (Fsp3) is 0.278. The molecule has 0 aliphatic heterocycles. The third kappa shape index (κ3) is 5.64. The number of nitrogens with one attached hydrogen (secondary N) is 2. The zero-order valence-electron chi connectivity index (χ0n) is 15.4. The van der Waals surface area contributed by atoms with Crippen molar-refractivity contribution in [2.24, 2.45) is 0 Å². The lowest BCUT2D eigenvalue weighted by molar-refractivity contribution is -0.113. The van der Waals surface area contributed by atoms with Crippen molar-refractivity contribution in [2.45, 2.75) is 25.5 Å². The van der Waals surface area contributed by atoms with Gasteiger partial charge in [-0.2, -0.15) is 0 Å². The number of thiazole rings is 1. The zero-order chi connectivity index (χ0) is 19.9. The molecule has 2 aromatic heterocycles. The van der Waals surface area contributed by atoms with Crippen LogP contribution in [0.5, 0.6) is 0 Å². The molecule has 1 aromatic carbocycles. The van der Waals surface area contributed by atoms with Gasteiger partial charge in [0, 0.05) is 23.2 Å². The SMILES string of the molecule is CCNC(=O)c1cccc(NC(=O)CSc2nnc(Cc3csc(C)n3)o2)c1. The lowest BCUT2D eigenvalue weighted by atomic mass is 10.2. The van der Waals surface area contributed by atoms with E-state index in [4.69, 9.17) is 4.42 Å². The number of hydrogen-bond acceptors (Lipinski definition) is 8. The van der Waals surface area contributed by atoms with Gasteiger partial charge in [0.05, 0.1) is 22.9 Å². The number of anilines is 1. The summed E-state index contributed by atoms with van der Waals surface area (Å²) in [7, 11) is 0. The van der Waals surface area contributed by atoms with Crippen LogP contribution >= 0.6 is 23.1 Å². The Morgan fingerprint density at radius 1 is 1.29 bits per heavy atom. The van der Waals surface area contributed by atoms with E-state index >= 15 is 0 Å². The van der Waals surface area contributed by atoms with Gasteiger partial charge in [0.2, 0.25) is 11.8 Å². The topological polar surface area (TPSA) is 110 Å². The minimum atomic E-state index is -0.229. The highest BCUT2D eigenvalue weighted by Crippen LogP contribution is 2.19. The summed E-state index contributed by atoms with van der Waals surface area (Å²) in [6, 6.07) is 6.77. The molecule has 3 aromatic rings. The van der Waals surface area contributed by atoms with E-state index in [9.17, 15) is 9.59 Å². The number of aromatic nitrogens is 3. The first-order valence-corrected chi connectivity index (χ1v) is 10.4. The van der Waals surface area contributed by atoms with E-state index in [2.05, 4.69) is 25.8 Å². The van der Waals surface area contributed by atoms with E-state index < -0.39 is 0 Å². The monoisotopic (exact) mass is 417 g/mol. The number of thioether (sulfide) groups is 1. The summed E-state index contributed by atoms with van der Waals surface area (Å²) in [6.07, 6.45) is 0.469. The molecular weight excluding hydrogens is 398 g/mol. The minimum absolute atomic E-state index is 0.114. The van der Waals surface area contributed by atoms with Gasteiger partial charge in [-0.3, -0.25) is 9.59 Å². The number of carbonyl (C=O) groups is 2. The third-order valence-electron chi connectivity index (χ3n) is 3.52. The average molecular weight is 418 g/mol. The Morgan fingerprint density at radius 2 is 2.14 bits per heavy atom. The molecule has 10 heteroatoms. The lowest BCUT2D eigenvalue weighted by Crippen LogP contribution is -2.23. The molecule has 0 unspecified atom stereocenters. The maximum Gasteiger partial charge on any atom is 0.277 e. The fourth-order valence-electron chi connectivity index (χ4n) is 2.34. The molecule has 2 amide bonds. The number of hydrogen-bond donors (Lipinski definition) is 2. The summed E-state index contributed by atoms with van der Waals surface area (Å²) < 4.78 is 5.55. The maximum absolute atomic E-state index is 12.2. The molecule has 2 N–H and O–H groups in total. The van der Waals surface area contributed by atoms with Crippen molar-refractivity contribution in [1.82, 2.24) is 20.5 Å². The first-order valence-electron chi connectivity index (χ1n) is 8.57. The van der Waals surface area contributed by atoms with Gasteiger partial charge in [-0.15, -0.1) is 21.5 Å². The van der Waals surface area contributed by atoms with E-state index in [1.807, 2.05) is 19.2 Å². The van der Waals surface area contributed by atoms with Crippen molar-refractivity contribution in [3.63, 3.8) is 0 Å².